The molecule has 0 aliphatic carbocycles. The summed E-state index contributed by atoms with van der Waals surface area (Å²) < 4.78 is 12.9. The van der Waals surface area contributed by atoms with E-state index in [1.54, 1.807) is 44.2 Å². The third-order valence-electron chi connectivity index (χ3n) is 2.10. The van der Waals surface area contributed by atoms with Gasteiger partial charge in [0.15, 0.2) is 5.69 Å². The van der Waals surface area contributed by atoms with Gasteiger partial charge < -0.3 is 0 Å². The van der Waals surface area contributed by atoms with Crippen LogP contribution < -0.4 is 4.71 Å². The van der Waals surface area contributed by atoms with Crippen LogP contribution in [0.1, 0.15) is 13.8 Å². The second kappa shape index (κ2) is 4.07. The average Bonchev–Trinajstić information content (AvgIpc) is 2.17. The van der Waals surface area contributed by atoms with Crippen molar-refractivity contribution in [1.29, 1.82) is 0 Å². The van der Waals surface area contributed by atoms with Gasteiger partial charge in [0.05, 0.1) is 0 Å². The number of rotatable bonds is 2. The molecule has 0 aliphatic heterocycles. The average molecular weight is 217 g/mol. The Morgan fingerprint density at radius 2 is 1.86 bits per heavy atom. The number of carbonyl (C=O) groups excluding carboxylic acids is 1. The molecule has 1 amide bonds. The summed E-state index contributed by atoms with van der Waals surface area (Å²) in [7, 11) is 0. The fourth-order valence-corrected chi connectivity index (χ4v) is 1.54. The van der Waals surface area contributed by atoms with Crippen molar-refractivity contribution < 1.29 is 9.28 Å². The van der Waals surface area contributed by atoms with Crippen molar-refractivity contribution in [1.82, 2.24) is 4.71 Å². The highest BCUT2D eigenvalue weighted by molar-refractivity contribution is 6.64. The summed E-state index contributed by atoms with van der Waals surface area (Å²) in [5.41, 5.74) is 0.252. The highest BCUT2D eigenvalue weighted by Gasteiger charge is 2.43. The van der Waals surface area contributed by atoms with Crippen LogP contribution in [0.4, 0.5) is 15.0 Å². The van der Waals surface area contributed by atoms with E-state index in [2.05, 4.69) is 0 Å². The molecule has 1 aromatic rings. The molecule has 0 saturated heterocycles. The summed E-state index contributed by atoms with van der Waals surface area (Å²) in [6.07, 6.45) is 0. The molecule has 1 unspecified atom stereocenters. The minimum atomic E-state index is -1.37. The first-order valence-corrected chi connectivity index (χ1v) is 4.71. The smallest absolute Gasteiger partial charge is 0.209 e. The minimum Gasteiger partial charge on any atom is -0.209 e. The summed E-state index contributed by atoms with van der Waals surface area (Å²) >= 11 is 5.27. The molecule has 2 nitrogen and oxygen atoms in total. The molecule has 0 bridgehead atoms. The second-order valence-electron chi connectivity index (χ2n) is 3.32. The summed E-state index contributed by atoms with van der Waals surface area (Å²) in [6, 6.07) is 7.64. The van der Waals surface area contributed by atoms with Gasteiger partial charge in [-0.15, -0.1) is 0 Å². The fourth-order valence-electron chi connectivity index (χ4n) is 1.25. The van der Waals surface area contributed by atoms with E-state index >= 15 is 0 Å². The first-order valence-electron chi connectivity index (χ1n) is 4.33. The number of hydrogen-bond acceptors (Lipinski definition) is 1. The van der Waals surface area contributed by atoms with Crippen molar-refractivity contribution >= 4 is 22.7 Å². The standard InChI is InChI=1S/C10H12ClFNO/c1-8(2)13(12,10(11)14)9-6-4-3-5-7-9/h3-8H,1-2H3/q+1. The highest BCUT2D eigenvalue weighted by atomic mass is 35.5. The molecule has 0 heterocycles. The second-order valence-corrected chi connectivity index (χ2v) is 3.64. The number of carbonyl (C=O) groups is 1. The topological polar surface area (TPSA) is 17.1 Å². The van der Waals surface area contributed by atoms with Crippen molar-refractivity contribution in [3.63, 3.8) is 0 Å². The van der Waals surface area contributed by atoms with Crippen LogP contribution >= 0.6 is 11.6 Å². The Balaban J connectivity index is 3.20. The Hall–Kier alpha value is -0.930. The molecule has 0 aliphatic rings. The van der Waals surface area contributed by atoms with Gasteiger partial charge >= 0.3 is 5.37 Å². The molecule has 1 atom stereocenters. The van der Waals surface area contributed by atoms with Crippen molar-refractivity contribution in [3.05, 3.63) is 30.3 Å². The van der Waals surface area contributed by atoms with Crippen LogP contribution in [-0.2, 0) is 0 Å². The molecular weight excluding hydrogens is 205 g/mol. The largest absolute Gasteiger partial charge is 0.455 e. The molecule has 4 heteroatoms. The van der Waals surface area contributed by atoms with Gasteiger partial charge in [-0.3, -0.25) is 0 Å². The lowest BCUT2D eigenvalue weighted by molar-refractivity contribution is 0.0583. The molecule has 14 heavy (non-hydrogen) atoms. The van der Waals surface area contributed by atoms with Gasteiger partial charge in [0, 0.05) is 28.2 Å². The normalized spacial score (nSPS) is 15.2. The Morgan fingerprint density at radius 1 is 1.36 bits per heavy atom. The number of nitrogens with zero attached hydrogens (tertiary/aromatic N) is 1. The lowest BCUT2D eigenvalue weighted by Gasteiger charge is -2.24. The van der Waals surface area contributed by atoms with Gasteiger partial charge in [-0.05, 0) is 18.6 Å². The zero-order valence-electron chi connectivity index (χ0n) is 8.08. The summed E-state index contributed by atoms with van der Waals surface area (Å²) in [5, 5.41) is -1.02. The van der Waals surface area contributed by atoms with Crippen LogP contribution in [0.15, 0.2) is 30.3 Å². The number of para-hydroxylation sites is 1. The van der Waals surface area contributed by atoms with Crippen LogP contribution in [0, 0.1) is 0 Å². The molecule has 0 fully saturated rings. The van der Waals surface area contributed by atoms with Gasteiger partial charge in [-0.25, -0.2) is 4.79 Å². The van der Waals surface area contributed by atoms with E-state index in [0.717, 1.165) is 0 Å². The van der Waals surface area contributed by atoms with E-state index in [-0.39, 0.29) is 5.69 Å². The van der Waals surface area contributed by atoms with Crippen LogP contribution in [-0.4, -0.2) is 11.4 Å². The maximum Gasteiger partial charge on any atom is 0.455 e. The van der Waals surface area contributed by atoms with E-state index in [4.69, 9.17) is 11.6 Å². The van der Waals surface area contributed by atoms with Gasteiger partial charge in [-0.2, -0.15) is 0 Å². The van der Waals surface area contributed by atoms with Gasteiger partial charge in [0.2, 0.25) is 0 Å². The molecule has 0 saturated carbocycles. The quantitative estimate of drug-likeness (QED) is 0.419. The first-order chi connectivity index (χ1) is 6.49. The van der Waals surface area contributed by atoms with Crippen molar-refractivity contribution in [2.75, 3.05) is 0 Å². The highest BCUT2D eigenvalue weighted by Crippen LogP contribution is 2.29. The molecule has 1 rings (SSSR count). The summed E-state index contributed by atoms with van der Waals surface area (Å²) in [6.45, 7) is 3.21. The van der Waals surface area contributed by atoms with Crippen LogP contribution in [0.2, 0.25) is 0 Å². The Kier molecular flexibility index (Phi) is 3.24. The maximum atomic E-state index is 14.2. The minimum absolute atomic E-state index is 0.252. The zero-order valence-corrected chi connectivity index (χ0v) is 8.83. The van der Waals surface area contributed by atoms with E-state index in [1.807, 2.05) is 0 Å². The molecule has 1 aromatic carbocycles. The van der Waals surface area contributed by atoms with Gasteiger partial charge in [-0.1, -0.05) is 18.2 Å². The van der Waals surface area contributed by atoms with Gasteiger partial charge in [0.1, 0.15) is 6.04 Å². The molecule has 0 N–H and O–H groups in total. The third-order valence-corrected chi connectivity index (χ3v) is 2.35. The third kappa shape index (κ3) is 1.79. The summed E-state index contributed by atoms with van der Waals surface area (Å²) in [5.74, 6) is 0. The number of amides is 1. The molecule has 0 aromatic heterocycles. The lowest BCUT2D eigenvalue weighted by atomic mass is 10.2. The zero-order chi connectivity index (χ0) is 10.8. The SMILES string of the molecule is CC(C)[N+](F)(C(=O)Cl)c1ccccc1. The predicted molar refractivity (Wildman–Crippen MR) is 55.7 cm³/mol. The number of halogens is 2. The van der Waals surface area contributed by atoms with E-state index in [9.17, 15) is 9.28 Å². The molecular formula is C10H12ClFNO+. The van der Waals surface area contributed by atoms with Crippen molar-refractivity contribution in [3.8, 4) is 0 Å². The number of quaternary nitrogens is 1. The number of benzene rings is 1. The van der Waals surface area contributed by atoms with E-state index in [0.29, 0.717) is 0 Å². The van der Waals surface area contributed by atoms with Crippen LogP contribution in [0.25, 0.3) is 0 Å². The van der Waals surface area contributed by atoms with Crippen LogP contribution in [0.3, 0.4) is 0 Å². The van der Waals surface area contributed by atoms with E-state index < -0.39 is 16.1 Å². The molecule has 76 valence electrons. The first kappa shape index (κ1) is 11.1. The summed E-state index contributed by atoms with van der Waals surface area (Å²) in [4.78, 5) is 11.1. The lowest BCUT2D eigenvalue weighted by Crippen LogP contribution is -2.48. The van der Waals surface area contributed by atoms with Crippen LogP contribution in [0.5, 0.6) is 0 Å². The van der Waals surface area contributed by atoms with E-state index in [1.165, 1.54) is 0 Å². The van der Waals surface area contributed by atoms with Gasteiger partial charge in [0.25, 0.3) is 0 Å². The monoisotopic (exact) mass is 216 g/mol. The predicted octanol–water partition coefficient (Wildman–Crippen LogP) is 3.65. The van der Waals surface area contributed by atoms with Crippen molar-refractivity contribution in [2.45, 2.75) is 19.9 Å². The fraction of sp³-hybridized carbons (Fsp3) is 0.300. The number of hydrogen-bond donors (Lipinski definition) is 0. The van der Waals surface area contributed by atoms with Crippen molar-refractivity contribution in [2.24, 2.45) is 0 Å². The maximum absolute atomic E-state index is 14.2. The Bertz CT molecular complexity index is 328. The molecule has 0 radical (unpaired) electrons. The Morgan fingerprint density at radius 3 is 2.21 bits per heavy atom. The molecule has 0 spiro atoms. The Labute approximate surface area is 87.4 Å².